The lowest BCUT2D eigenvalue weighted by Crippen LogP contribution is -2.21. The van der Waals surface area contributed by atoms with Gasteiger partial charge in [-0.2, -0.15) is 0 Å². The molecule has 0 aliphatic carbocycles. The Bertz CT molecular complexity index is 116. The number of carboxylic acids is 1. The van der Waals surface area contributed by atoms with Crippen molar-refractivity contribution in [3.8, 4) is 0 Å². The van der Waals surface area contributed by atoms with Gasteiger partial charge in [-0.25, -0.2) is 0 Å². The monoisotopic (exact) mass is 146 g/mol. The Morgan fingerprint density at radius 1 is 1.89 bits per heavy atom. The van der Waals surface area contributed by atoms with Gasteiger partial charge in [0.05, 0.1) is 0 Å². The van der Waals surface area contributed by atoms with E-state index >= 15 is 0 Å². The van der Waals surface area contributed by atoms with Gasteiger partial charge in [-0.05, 0) is 6.42 Å². The number of hydrogen-bond donors (Lipinski definition) is 2. The molecule has 3 N–H and O–H groups in total. The van der Waals surface area contributed by atoms with Crippen LogP contribution in [0.25, 0.3) is 0 Å². The van der Waals surface area contributed by atoms with Crippen LogP contribution in [0.4, 0.5) is 0 Å². The van der Waals surface area contributed by atoms with E-state index in [4.69, 9.17) is 10.8 Å². The molecule has 0 fully saturated rings. The van der Waals surface area contributed by atoms with E-state index in [0.29, 0.717) is 6.42 Å². The average molecular weight is 146 g/mol. The summed E-state index contributed by atoms with van der Waals surface area (Å²) in [5.41, 5.74) is 5.24. The number of aliphatic carboxylic acids is 1. The van der Waals surface area contributed by atoms with E-state index in [1.165, 1.54) is 0 Å². The largest absolute Gasteiger partial charge is 0.481 e. The smallest absolute Gasteiger partial charge is 0.303 e. The van der Waals surface area contributed by atoms with Crippen LogP contribution in [0.5, 0.6) is 0 Å². The van der Waals surface area contributed by atoms with E-state index < -0.39 is 5.97 Å². The van der Waals surface area contributed by atoms with E-state index in [9.17, 15) is 4.79 Å². The molecule has 0 aromatic carbocycles. The Kier molecular flexibility index (Phi) is 4.17. The van der Waals surface area contributed by atoms with E-state index in [2.05, 4.69) is 17.6 Å². The van der Waals surface area contributed by atoms with E-state index in [0.717, 1.165) is 0 Å². The first-order valence-electron chi connectivity index (χ1n) is 2.52. The molecule has 0 aromatic rings. The maximum atomic E-state index is 9.90. The van der Waals surface area contributed by atoms with Crippen molar-refractivity contribution in [2.45, 2.75) is 18.9 Å². The van der Waals surface area contributed by atoms with Crippen LogP contribution >= 0.6 is 12.2 Å². The molecule has 1 unspecified atom stereocenters. The highest BCUT2D eigenvalue weighted by atomic mass is 32.1. The molecule has 0 heterocycles. The van der Waals surface area contributed by atoms with Gasteiger partial charge in [0.15, 0.2) is 0 Å². The van der Waals surface area contributed by atoms with Crippen molar-refractivity contribution in [3.05, 3.63) is 0 Å². The molecule has 1 atom stereocenters. The molecule has 9 heavy (non-hydrogen) atoms. The minimum Gasteiger partial charge on any atom is -0.481 e. The Labute approximate surface area is 58.9 Å². The van der Waals surface area contributed by atoms with Crippen molar-refractivity contribution >= 4 is 23.6 Å². The Balaban J connectivity index is 3.26. The van der Waals surface area contributed by atoms with Crippen LogP contribution in [0.1, 0.15) is 12.8 Å². The van der Waals surface area contributed by atoms with Crippen molar-refractivity contribution in [2.24, 2.45) is 5.73 Å². The molecule has 0 spiro atoms. The third-order valence-corrected chi connectivity index (χ3v) is 1.12. The number of nitrogens with two attached hydrogens (primary N) is 1. The third-order valence-electron chi connectivity index (χ3n) is 0.821. The average Bonchev–Trinajstić information content (AvgIpc) is 1.83. The van der Waals surface area contributed by atoms with Crippen LogP contribution in [0.3, 0.4) is 0 Å². The zero-order valence-electron chi connectivity index (χ0n) is 4.83. The van der Waals surface area contributed by atoms with Crippen molar-refractivity contribution in [1.29, 1.82) is 0 Å². The molecular formula is C5H8NO2S. The number of hydrogen-bond acceptors (Lipinski definition) is 3. The van der Waals surface area contributed by atoms with Crippen molar-refractivity contribution < 1.29 is 9.90 Å². The summed E-state index contributed by atoms with van der Waals surface area (Å²) < 4.78 is 0. The second kappa shape index (κ2) is 4.40. The molecule has 0 saturated heterocycles. The third kappa shape index (κ3) is 5.39. The standard InChI is InChI=1S/C5H8NO2S/c6-4(3-9)1-2-5(7)8/h4H,1-2,6H2,(H,7,8). The SMILES string of the molecule is NC([C]=S)CCC(=O)O. The van der Waals surface area contributed by atoms with Gasteiger partial charge in [0.1, 0.15) is 0 Å². The highest BCUT2D eigenvalue weighted by molar-refractivity contribution is 7.79. The van der Waals surface area contributed by atoms with Crippen LogP contribution in [0, 0.1) is 0 Å². The lowest BCUT2D eigenvalue weighted by atomic mass is 10.2. The molecule has 1 radical (unpaired) electrons. The van der Waals surface area contributed by atoms with Gasteiger partial charge in [0.2, 0.25) is 0 Å². The van der Waals surface area contributed by atoms with Crippen LogP contribution in [0.2, 0.25) is 0 Å². The lowest BCUT2D eigenvalue weighted by Gasteiger charge is -1.98. The van der Waals surface area contributed by atoms with E-state index in [1.54, 1.807) is 0 Å². The van der Waals surface area contributed by atoms with Crippen molar-refractivity contribution in [3.63, 3.8) is 0 Å². The summed E-state index contributed by atoms with van der Waals surface area (Å²) in [5.74, 6) is -0.851. The molecule has 51 valence electrons. The summed E-state index contributed by atoms with van der Waals surface area (Å²) in [4.78, 5) is 9.90. The first-order valence-corrected chi connectivity index (χ1v) is 2.92. The van der Waals surface area contributed by atoms with Gasteiger partial charge >= 0.3 is 5.97 Å². The topological polar surface area (TPSA) is 63.3 Å². The Morgan fingerprint density at radius 2 is 2.44 bits per heavy atom. The molecule has 0 bridgehead atoms. The fraction of sp³-hybridized carbons (Fsp3) is 0.600. The minimum absolute atomic E-state index is 0.0603. The Morgan fingerprint density at radius 3 is 2.78 bits per heavy atom. The van der Waals surface area contributed by atoms with Gasteiger partial charge in [-0.3, -0.25) is 4.79 Å². The van der Waals surface area contributed by atoms with Gasteiger partial charge < -0.3 is 10.8 Å². The second-order valence-corrected chi connectivity index (χ2v) is 1.89. The minimum atomic E-state index is -0.851. The second-order valence-electron chi connectivity index (χ2n) is 1.66. The number of thiocarbonyl (C=S) groups is 1. The van der Waals surface area contributed by atoms with Crippen LogP contribution in [0.15, 0.2) is 0 Å². The van der Waals surface area contributed by atoms with Gasteiger partial charge in [0, 0.05) is 17.8 Å². The van der Waals surface area contributed by atoms with Gasteiger partial charge in [0.25, 0.3) is 0 Å². The van der Waals surface area contributed by atoms with E-state index in [-0.39, 0.29) is 12.5 Å². The highest BCUT2D eigenvalue weighted by Gasteiger charge is 2.01. The Hall–Kier alpha value is -0.480. The van der Waals surface area contributed by atoms with Crippen molar-refractivity contribution in [1.82, 2.24) is 0 Å². The summed E-state index contributed by atoms with van der Waals surface area (Å²) >= 11 is 4.36. The number of carbonyl (C=O) groups is 1. The molecule has 0 aromatic heterocycles. The summed E-state index contributed by atoms with van der Waals surface area (Å²) in [7, 11) is 0. The normalized spacial score (nSPS) is 12.6. The summed E-state index contributed by atoms with van der Waals surface area (Å²) in [6, 6.07) is -0.379. The lowest BCUT2D eigenvalue weighted by molar-refractivity contribution is -0.137. The maximum absolute atomic E-state index is 9.90. The first kappa shape index (κ1) is 8.52. The molecule has 0 amide bonds. The fourth-order valence-corrected chi connectivity index (χ4v) is 0.456. The molecule has 3 nitrogen and oxygen atoms in total. The quantitative estimate of drug-likeness (QED) is 0.550. The van der Waals surface area contributed by atoms with Crippen molar-refractivity contribution in [2.75, 3.05) is 0 Å². The molecule has 0 saturated carbocycles. The van der Waals surface area contributed by atoms with Gasteiger partial charge in [-0.1, -0.05) is 12.2 Å². The van der Waals surface area contributed by atoms with Gasteiger partial charge in [-0.15, -0.1) is 0 Å². The summed E-state index contributed by atoms with van der Waals surface area (Å²) in [6.07, 6.45) is 0.434. The first-order chi connectivity index (χ1) is 4.16. The van der Waals surface area contributed by atoms with Crippen LogP contribution in [-0.4, -0.2) is 22.5 Å². The molecule has 0 aliphatic heterocycles. The molecular weight excluding hydrogens is 138 g/mol. The fourth-order valence-electron chi connectivity index (χ4n) is 0.338. The molecule has 0 aliphatic rings. The zero-order chi connectivity index (χ0) is 7.28. The molecule has 0 rings (SSSR count). The van der Waals surface area contributed by atoms with Crippen LogP contribution in [-0.2, 0) is 4.79 Å². The summed E-state index contributed by atoms with van der Waals surface area (Å²) in [5, 5.41) is 10.5. The maximum Gasteiger partial charge on any atom is 0.303 e. The number of carboxylic acid groups (broad SMARTS) is 1. The summed E-state index contributed by atoms with van der Waals surface area (Å²) in [6.45, 7) is 0. The number of rotatable bonds is 4. The van der Waals surface area contributed by atoms with Crippen LogP contribution < -0.4 is 5.73 Å². The zero-order valence-corrected chi connectivity index (χ0v) is 5.65. The van der Waals surface area contributed by atoms with E-state index in [1.807, 2.05) is 0 Å². The molecule has 4 heteroatoms. The highest BCUT2D eigenvalue weighted by Crippen LogP contribution is 1.91. The predicted molar refractivity (Wildman–Crippen MR) is 37.4 cm³/mol. The predicted octanol–water partition coefficient (Wildman–Crippen LogP) is 0.0552.